The fourth-order valence-corrected chi connectivity index (χ4v) is 3.12. The number of rotatable bonds is 5. The second kappa shape index (κ2) is 6.52. The van der Waals surface area contributed by atoms with Crippen LogP contribution < -0.4 is 5.32 Å². The average Bonchev–Trinajstić information content (AvgIpc) is 3.36. The van der Waals surface area contributed by atoms with Gasteiger partial charge in [0, 0.05) is 16.6 Å². The molecule has 130 valence electrons. The summed E-state index contributed by atoms with van der Waals surface area (Å²) in [4.78, 5) is 23.7. The maximum Gasteiger partial charge on any atom is 0.313 e. The lowest BCUT2D eigenvalue weighted by atomic mass is 9.85. The topological polar surface area (TPSA) is 66.4 Å². The van der Waals surface area contributed by atoms with Crippen molar-refractivity contribution in [1.82, 2.24) is 0 Å². The second-order valence-electron chi connectivity index (χ2n) is 7.00. The Morgan fingerprint density at radius 2 is 1.84 bits per heavy atom. The van der Waals surface area contributed by atoms with E-state index in [9.17, 15) is 14.7 Å². The van der Waals surface area contributed by atoms with Crippen LogP contribution in [-0.2, 0) is 15.0 Å². The minimum absolute atomic E-state index is 0.0183. The molecule has 1 amide bonds. The Bertz CT molecular complexity index is 814. The zero-order chi connectivity index (χ0) is 18.2. The van der Waals surface area contributed by atoms with Crippen molar-refractivity contribution in [1.29, 1.82) is 0 Å². The van der Waals surface area contributed by atoms with E-state index in [1.807, 2.05) is 24.3 Å². The van der Waals surface area contributed by atoms with Crippen molar-refractivity contribution >= 4 is 29.2 Å². The van der Waals surface area contributed by atoms with Crippen LogP contribution in [0.3, 0.4) is 0 Å². The Hall–Kier alpha value is -2.33. The Morgan fingerprint density at radius 3 is 2.44 bits per heavy atom. The minimum atomic E-state index is -0.962. The van der Waals surface area contributed by atoms with Crippen LogP contribution in [0.15, 0.2) is 48.5 Å². The molecule has 2 atom stereocenters. The lowest BCUT2D eigenvalue weighted by Crippen LogP contribution is -2.28. The number of carboxylic acids is 1. The molecule has 2 N–H and O–H groups in total. The summed E-state index contributed by atoms with van der Waals surface area (Å²) in [5.74, 6) is -0.737. The molecule has 0 heterocycles. The lowest BCUT2D eigenvalue weighted by Gasteiger charge is -2.19. The highest BCUT2D eigenvalue weighted by Crippen LogP contribution is 2.48. The summed E-state index contributed by atoms with van der Waals surface area (Å²) in [7, 11) is 0. The van der Waals surface area contributed by atoms with Crippen LogP contribution in [-0.4, -0.2) is 17.0 Å². The van der Waals surface area contributed by atoms with Gasteiger partial charge >= 0.3 is 5.97 Å². The third-order valence-electron chi connectivity index (χ3n) is 4.81. The number of benzene rings is 2. The summed E-state index contributed by atoms with van der Waals surface area (Å²) in [5.41, 5.74) is 1.50. The molecular weight excluding hydrogens is 338 g/mol. The fourth-order valence-electron chi connectivity index (χ4n) is 2.92. The summed E-state index contributed by atoms with van der Waals surface area (Å²) < 4.78 is 0. The lowest BCUT2D eigenvalue weighted by molar-refractivity contribution is -0.142. The van der Waals surface area contributed by atoms with Gasteiger partial charge in [0.25, 0.3) is 0 Å². The van der Waals surface area contributed by atoms with Gasteiger partial charge in [-0.25, -0.2) is 0 Å². The van der Waals surface area contributed by atoms with E-state index >= 15 is 0 Å². The normalized spacial score (nSPS) is 19.3. The molecule has 2 unspecified atom stereocenters. The van der Waals surface area contributed by atoms with Gasteiger partial charge in [0.05, 0.1) is 5.41 Å². The molecule has 3 rings (SSSR count). The molecule has 0 radical (unpaired) electrons. The Labute approximate surface area is 151 Å². The zero-order valence-corrected chi connectivity index (χ0v) is 14.9. The first kappa shape index (κ1) is 17.5. The van der Waals surface area contributed by atoms with Gasteiger partial charge in [0.1, 0.15) is 0 Å². The number of hydrogen-bond donors (Lipinski definition) is 2. The van der Waals surface area contributed by atoms with Gasteiger partial charge in [-0.3, -0.25) is 9.59 Å². The van der Waals surface area contributed by atoms with Crippen LogP contribution in [0.25, 0.3) is 0 Å². The van der Waals surface area contributed by atoms with Crippen molar-refractivity contribution < 1.29 is 14.7 Å². The number of halogens is 1. The van der Waals surface area contributed by atoms with Gasteiger partial charge in [-0.15, -0.1) is 0 Å². The molecule has 0 aliphatic heterocycles. The Morgan fingerprint density at radius 1 is 1.16 bits per heavy atom. The number of amides is 1. The number of carbonyl (C=O) groups excluding carboxylic acids is 1. The molecule has 2 aromatic rings. The van der Waals surface area contributed by atoms with Crippen molar-refractivity contribution in [2.45, 2.75) is 31.6 Å². The standard InChI is InChI=1S/C20H20ClNO3/c1-20(2,19(24)25)13-6-8-15(9-7-13)22-18(23)17-11-16(17)12-4-3-5-14(21)10-12/h3-10,16-17H,11H2,1-2H3,(H,22,23)(H,24,25). The van der Waals surface area contributed by atoms with Crippen molar-refractivity contribution in [2.24, 2.45) is 5.92 Å². The van der Waals surface area contributed by atoms with Gasteiger partial charge in [-0.05, 0) is 61.6 Å². The highest BCUT2D eigenvalue weighted by atomic mass is 35.5. The summed E-state index contributed by atoms with van der Waals surface area (Å²) in [6.45, 7) is 3.31. The first-order chi connectivity index (χ1) is 11.8. The van der Waals surface area contributed by atoms with Crippen molar-refractivity contribution in [3.8, 4) is 0 Å². The summed E-state index contributed by atoms with van der Waals surface area (Å²) in [6, 6.07) is 14.6. The highest BCUT2D eigenvalue weighted by molar-refractivity contribution is 6.30. The molecule has 1 saturated carbocycles. The van der Waals surface area contributed by atoms with Crippen molar-refractivity contribution in [2.75, 3.05) is 5.32 Å². The quantitative estimate of drug-likeness (QED) is 0.831. The number of carbonyl (C=O) groups is 2. The maximum atomic E-state index is 12.4. The van der Waals surface area contributed by atoms with Crippen LogP contribution in [0.5, 0.6) is 0 Å². The fraction of sp³-hybridized carbons (Fsp3) is 0.300. The molecular formula is C20H20ClNO3. The third kappa shape index (κ3) is 3.69. The van der Waals surface area contributed by atoms with Crippen LogP contribution in [0.1, 0.15) is 37.3 Å². The van der Waals surface area contributed by atoms with E-state index in [4.69, 9.17) is 11.6 Å². The van der Waals surface area contributed by atoms with Gasteiger partial charge in [-0.2, -0.15) is 0 Å². The number of hydrogen-bond acceptors (Lipinski definition) is 2. The smallest absolute Gasteiger partial charge is 0.313 e. The molecule has 1 fully saturated rings. The summed E-state index contributed by atoms with van der Waals surface area (Å²) >= 11 is 6.01. The molecule has 0 aromatic heterocycles. The molecule has 0 saturated heterocycles. The molecule has 2 aromatic carbocycles. The number of aliphatic carboxylic acids is 1. The van der Waals surface area contributed by atoms with E-state index in [0.717, 1.165) is 12.0 Å². The first-order valence-corrected chi connectivity index (χ1v) is 8.57. The Kier molecular flexibility index (Phi) is 4.56. The Balaban J connectivity index is 1.64. The van der Waals surface area contributed by atoms with Crippen LogP contribution in [0, 0.1) is 5.92 Å². The molecule has 1 aliphatic rings. The van der Waals surface area contributed by atoms with E-state index in [2.05, 4.69) is 5.32 Å². The van der Waals surface area contributed by atoms with Crippen LogP contribution in [0.2, 0.25) is 5.02 Å². The minimum Gasteiger partial charge on any atom is -0.481 e. The molecule has 4 nitrogen and oxygen atoms in total. The van der Waals surface area contributed by atoms with Gasteiger partial charge in [0.15, 0.2) is 0 Å². The van der Waals surface area contributed by atoms with E-state index < -0.39 is 11.4 Å². The predicted octanol–water partition coefficient (Wildman–Crippen LogP) is 4.44. The number of anilines is 1. The first-order valence-electron chi connectivity index (χ1n) is 8.19. The third-order valence-corrected chi connectivity index (χ3v) is 5.05. The molecule has 1 aliphatic carbocycles. The second-order valence-corrected chi connectivity index (χ2v) is 7.44. The van der Waals surface area contributed by atoms with Crippen molar-refractivity contribution in [3.63, 3.8) is 0 Å². The van der Waals surface area contributed by atoms with Crippen molar-refractivity contribution in [3.05, 3.63) is 64.7 Å². The van der Waals surface area contributed by atoms with Gasteiger partial charge in [-0.1, -0.05) is 35.9 Å². The molecule has 0 spiro atoms. The van der Waals surface area contributed by atoms with E-state index in [1.54, 1.807) is 38.1 Å². The predicted molar refractivity (Wildman–Crippen MR) is 98.0 cm³/mol. The SMILES string of the molecule is CC(C)(C(=O)O)c1ccc(NC(=O)C2CC2c2cccc(Cl)c2)cc1. The maximum absolute atomic E-state index is 12.4. The highest BCUT2D eigenvalue weighted by Gasteiger charge is 2.44. The number of carboxylic acid groups (broad SMARTS) is 1. The average molecular weight is 358 g/mol. The van der Waals surface area contributed by atoms with Crippen LogP contribution >= 0.6 is 11.6 Å². The van der Waals surface area contributed by atoms with Crippen LogP contribution in [0.4, 0.5) is 5.69 Å². The molecule has 0 bridgehead atoms. The zero-order valence-electron chi connectivity index (χ0n) is 14.1. The van der Waals surface area contributed by atoms with E-state index in [1.165, 1.54) is 0 Å². The van der Waals surface area contributed by atoms with E-state index in [0.29, 0.717) is 16.3 Å². The molecule has 5 heteroatoms. The summed E-state index contributed by atoms with van der Waals surface area (Å²) in [6.07, 6.45) is 0.816. The van der Waals surface area contributed by atoms with Gasteiger partial charge < -0.3 is 10.4 Å². The van der Waals surface area contributed by atoms with E-state index in [-0.39, 0.29) is 17.7 Å². The summed E-state index contributed by atoms with van der Waals surface area (Å²) in [5, 5.41) is 12.9. The largest absolute Gasteiger partial charge is 0.481 e. The van der Waals surface area contributed by atoms with Gasteiger partial charge in [0.2, 0.25) is 5.91 Å². The number of nitrogens with one attached hydrogen (secondary N) is 1. The monoisotopic (exact) mass is 357 g/mol. The molecule has 25 heavy (non-hydrogen) atoms.